The number of thiophene rings is 1. The smallest absolute Gasteiger partial charge is 0.161 e. The second-order valence-electron chi connectivity index (χ2n) is 12.5. The molecule has 3 heteroatoms. The molecule has 0 aliphatic heterocycles. The van der Waals surface area contributed by atoms with Crippen molar-refractivity contribution in [2.45, 2.75) is 0 Å². The quantitative estimate of drug-likeness (QED) is 0.141. The van der Waals surface area contributed by atoms with Crippen molar-refractivity contribution in [3.8, 4) is 45.0 Å². The van der Waals surface area contributed by atoms with Gasteiger partial charge in [0.1, 0.15) is 0 Å². The van der Waals surface area contributed by atoms with Crippen LogP contribution in [0.25, 0.3) is 97.5 Å². The topological polar surface area (TPSA) is 25.8 Å². The van der Waals surface area contributed by atoms with Crippen molar-refractivity contribution < 1.29 is 0 Å². The fourth-order valence-electron chi connectivity index (χ4n) is 7.37. The summed E-state index contributed by atoms with van der Waals surface area (Å²) in [4.78, 5) is 10.8. The summed E-state index contributed by atoms with van der Waals surface area (Å²) in [6, 6.07) is 60.8. The number of rotatable bonds is 4. The van der Waals surface area contributed by atoms with Crippen LogP contribution in [0.5, 0.6) is 0 Å². The van der Waals surface area contributed by atoms with Gasteiger partial charge in [-0.2, -0.15) is 0 Å². The maximum absolute atomic E-state index is 5.45. The SMILES string of the molecule is c1ccc(-c2cc(-c3ccccc3-c3ccc4c(c3)sc3ccccc34)nc(-c3c4ccccc4cc4c3ccc3ccccc34)n2)cc1. The van der Waals surface area contributed by atoms with Crippen LogP contribution in [-0.4, -0.2) is 9.97 Å². The maximum atomic E-state index is 5.45. The molecule has 8 aromatic carbocycles. The first kappa shape index (κ1) is 27.9. The lowest BCUT2D eigenvalue weighted by Gasteiger charge is -2.16. The standard InChI is InChI=1S/C46H28N2S/c1-2-13-30(14-3-1)41-28-42(36-19-9-8-17-34(36)32-23-24-38-37-20-10-11-21-43(37)49-44(38)27-32)48-46(47-41)45-35-18-7-5-15-31(35)26-40-33-16-6-4-12-29(33)22-25-39(40)45/h1-28H. The molecule has 0 aliphatic carbocycles. The van der Waals surface area contributed by atoms with E-state index in [1.165, 1.54) is 47.3 Å². The highest BCUT2D eigenvalue weighted by Crippen LogP contribution is 2.42. The van der Waals surface area contributed by atoms with Gasteiger partial charge in [-0.3, -0.25) is 0 Å². The lowest BCUT2D eigenvalue weighted by atomic mass is 9.92. The van der Waals surface area contributed by atoms with E-state index in [0.717, 1.165) is 50.2 Å². The van der Waals surface area contributed by atoms with Gasteiger partial charge in [-0.05, 0) is 67.7 Å². The highest BCUT2D eigenvalue weighted by molar-refractivity contribution is 7.25. The molecule has 0 fully saturated rings. The van der Waals surface area contributed by atoms with Gasteiger partial charge in [-0.1, -0.05) is 146 Å². The first-order valence-corrected chi connectivity index (χ1v) is 17.4. The van der Waals surface area contributed by atoms with E-state index in [1.807, 2.05) is 11.3 Å². The summed E-state index contributed by atoms with van der Waals surface area (Å²) in [6.07, 6.45) is 0. The molecule has 0 spiro atoms. The Hall–Kier alpha value is -6.16. The van der Waals surface area contributed by atoms with Gasteiger partial charge in [0.15, 0.2) is 5.82 Å². The van der Waals surface area contributed by atoms with Crippen molar-refractivity contribution in [2.75, 3.05) is 0 Å². The van der Waals surface area contributed by atoms with E-state index in [2.05, 4.69) is 170 Å². The Morgan fingerprint density at radius 2 is 1.00 bits per heavy atom. The van der Waals surface area contributed by atoms with Crippen LogP contribution in [0.15, 0.2) is 170 Å². The molecule has 49 heavy (non-hydrogen) atoms. The number of hydrogen-bond donors (Lipinski definition) is 0. The second-order valence-corrected chi connectivity index (χ2v) is 13.6. The Morgan fingerprint density at radius 3 is 1.88 bits per heavy atom. The zero-order valence-corrected chi connectivity index (χ0v) is 27.3. The maximum Gasteiger partial charge on any atom is 0.161 e. The predicted molar refractivity (Wildman–Crippen MR) is 209 cm³/mol. The van der Waals surface area contributed by atoms with E-state index >= 15 is 0 Å². The van der Waals surface area contributed by atoms with Gasteiger partial charge in [0.2, 0.25) is 0 Å². The van der Waals surface area contributed by atoms with Crippen LogP contribution in [0, 0.1) is 0 Å². The lowest BCUT2D eigenvalue weighted by molar-refractivity contribution is 1.19. The molecule has 0 N–H and O–H groups in total. The zero-order chi connectivity index (χ0) is 32.3. The normalized spacial score (nSPS) is 11.7. The molecule has 10 aromatic rings. The van der Waals surface area contributed by atoms with Crippen molar-refractivity contribution in [3.05, 3.63) is 170 Å². The molecule has 0 atom stereocenters. The lowest BCUT2D eigenvalue weighted by Crippen LogP contribution is -1.98. The molecule has 228 valence electrons. The first-order chi connectivity index (χ1) is 24.3. The zero-order valence-electron chi connectivity index (χ0n) is 26.5. The van der Waals surface area contributed by atoms with E-state index in [0.29, 0.717) is 0 Å². The molecule has 0 saturated carbocycles. The molecule has 0 saturated heterocycles. The Morgan fingerprint density at radius 1 is 0.347 bits per heavy atom. The van der Waals surface area contributed by atoms with Crippen molar-refractivity contribution in [1.82, 2.24) is 9.97 Å². The summed E-state index contributed by atoms with van der Waals surface area (Å²) in [5.41, 5.74) is 7.33. The van der Waals surface area contributed by atoms with Crippen molar-refractivity contribution >= 4 is 63.8 Å². The minimum atomic E-state index is 0.725. The number of benzene rings is 8. The van der Waals surface area contributed by atoms with Gasteiger partial charge >= 0.3 is 0 Å². The predicted octanol–water partition coefficient (Wildman–Crippen LogP) is 13.0. The van der Waals surface area contributed by atoms with Crippen LogP contribution in [0.4, 0.5) is 0 Å². The average molecular weight is 641 g/mol. The summed E-state index contributed by atoms with van der Waals surface area (Å²) in [5, 5.41) is 9.74. The van der Waals surface area contributed by atoms with Gasteiger partial charge < -0.3 is 0 Å². The van der Waals surface area contributed by atoms with E-state index < -0.39 is 0 Å². The second kappa shape index (κ2) is 11.2. The summed E-state index contributed by atoms with van der Waals surface area (Å²) in [7, 11) is 0. The minimum Gasteiger partial charge on any atom is -0.228 e. The highest BCUT2D eigenvalue weighted by atomic mass is 32.1. The van der Waals surface area contributed by atoms with Gasteiger partial charge in [0.25, 0.3) is 0 Å². The molecule has 0 amide bonds. The average Bonchev–Trinajstić information content (AvgIpc) is 3.55. The Bertz CT molecular complexity index is 2890. The van der Waals surface area contributed by atoms with Gasteiger partial charge in [-0.15, -0.1) is 11.3 Å². The van der Waals surface area contributed by atoms with Gasteiger partial charge in [0, 0.05) is 36.9 Å². The molecule has 2 aromatic heterocycles. The third kappa shape index (κ3) is 4.62. The van der Waals surface area contributed by atoms with E-state index in [4.69, 9.17) is 9.97 Å². The van der Waals surface area contributed by atoms with Crippen LogP contribution in [0.2, 0.25) is 0 Å². The minimum absolute atomic E-state index is 0.725. The molecular formula is C46H28N2S. The van der Waals surface area contributed by atoms with Crippen LogP contribution in [-0.2, 0) is 0 Å². The molecule has 0 unspecified atom stereocenters. The van der Waals surface area contributed by atoms with Crippen molar-refractivity contribution in [2.24, 2.45) is 0 Å². The van der Waals surface area contributed by atoms with Crippen LogP contribution in [0.1, 0.15) is 0 Å². The Balaban J connectivity index is 1.25. The largest absolute Gasteiger partial charge is 0.228 e. The summed E-state index contributed by atoms with van der Waals surface area (Å²) < 4.78 is 2.60. The van der Waals surface area contributed by atoms with Crippen molar-refractivity contribution in [3.63, 3.8) is 0 Å². The summed E-state index contributed by atoms with van der Waals surface area (Å²) in [6.45, 7) is 0. The molecule has 2 heterocycles. The number of fused-ring (bicyclic) bond motifs is 7. The molecule has 0 bridgehead atoms. The highest BCUT2D eigenvalue weighted by Gasteiger charge is 2.19. The third-order valence-electron chi connectivity index (χ3n) is 9.68. The Labute approximate surface area is 287 Å². The van der Waals surface area contributed by atoms with Gasteiger partial charge in [0.05, 0.1) is 11.4 Å². The van der Waals surface area contributed by atoms with Crippen molar-refractivity contribution in [1.29, 1.82) is 0 Å². The van der Waals surface area contributed by atoms with Crippen LogP contribution < -0.4 is 0 Å². The Kier molecular flexibility index (Phi) is 6.39. The van der Waals surface area contributed by atoms with Crippen LogP contribution in [0.3, 0.4) is 0 Å². The first-order valence-electron chi connectivity index (χ1n) is 16.6. The summed E-state index contributed by atoms with van der Waals surface area (Å²) in [5.74, 6) is 0.725. The van der Waals surface area contributed by atoms with Gasteiger partial charge in [-0.25, -0.2) is 9.97 Å². The molecule has 2 nitrogen and oxygen atoms in total. The van der Waals surface area contributed by atoms with E-state index in [-0.39, 0.29) is 0 Å². The van der Waals surface area contributed by atoms with Crippen LogP contribution >= 0.6 is 11.3 Å². The fraction of sp³-hybridized carbons (Fsp3) is 0. The number of aromatic nitrogens is 2. The molecule has 0 aliphatic rings. The number of hydrogen-bond acceptors (Lipinski definition) is 3. The van der Waals surface area contributed by atoms with E-state index in [9.17, 15) is 0 Å². The monoisotopic (exact) mass is 640 g/mol. The summed E-state index contributed by atoms with van der Waals surface area (Å²) >= 11 is 1.85. The molecule has 0 radical (unpaired) electrons. The third-order valence-corrected chi connectivity index (χ3v) is 10.8. The number of nitrogens with zero attached hydrogens (tertiary/aromatic N) is 2. The fourth-order valence-corrected chi connectivity index (χ4v) is 8.51. The molecule has 10 rings (SSSR count). The molecular weight excluding hydrogens is 613 g/mol. The van der Waals surface area contributed by atoms with E-state index in [1.54, 1.807) is 0 Å².